The number of hydrogen-bond acceptors (Lipinski definition) is 6. The average molecular weight is 413 g/mol. The lowest BCUT2D eigenvalue weighted by Gasteiger charge is -2.18. The van der Waals surface area contributed by atoms with Gasteiger partial charge in [-0.1, -0.05) is 18.2 Å². The maximum atomic E-state index is 12.3. The lowest BCUT2D eigenvalue weighted by Crippen LogP contribution is -2.31. The molecule has 0 spiro atoms. The SMILES string of the molecule is COc1ccccc1CN(C)C(=O)COC(=O)c1ccc(OC[C@@H]2CCCO2)cc1. The summed E-state index contributed by atoms with van der Waals surface area (Å²) in [5.74, 6) is 0.510. The molecule has 0 N–H and O–H groups in total. The van der Waals surface area contributed by atoms with E-state index in [1.807, 2.05) is 24.3 Å². The summed E-state index contributed by atoms with van der Waals surface area (Å²) in [5, 5.41) is 0. The number of nitrogens with zero attached hydrogens (tertiary/aromatic N) is 1. The molecule has 0 aromatic heterocycles. The van der Waals surface area contributed by atoms with Crippen molar-refractivity contribution >= 4 is 11.9 Å². The van der Waals surface area contributed by atoms with Gasteiger partial charge < -0.3 is 23.8 Å². The molecule has 0 aliphatic carbocycles. The van der Waals surface area contributed by atoms with Crippen molar-refractivity contribution in [1.82, 2.24) is 4.90 Å². The van der Waals surface area contributed by atoms with Crippen LogP contribution in [0.1, 0.15) is 28.8 Å². The molecule has 0 radical (unpaired) electrons. The molecule has 160 valence electrons. The van der Waals surface area contributed by atoms with Crippen LogP contribution in [0, 0.1) is 0 Å². The summed E-state index contributed by atoms with van der Waals surface area (Å²) in [7, 11) is 3.24. The fourth-order valence-corrected chi connectivity index (χ4v) is 3.15. The Morgan fingerprint density at radius 1 is 1.13 bits per heavy atom. The maximum absolute atomic E-state index is 12.3. The third-order valence-corrected chi connectivity index (χ3v) is 4.90. The number of ether oxygens (including phenoxy) is 4. The van der Waals surface area contributed by atoms with Gasteiger partial charge in [-0.15, -0.1) is 0 Å². The second-order valence-corrected chi connectivity index (χ2v) is 7.11. The summed E-state index contributed by atoms with van der Waals surface area (Å²) in [4.78, 5) is 26.1. The molecule has 1 aliphatic rings. The van der Waals surface area contributed by atoms with E-state index in [0.29, 0.717) is 30.2 Å². The monoisotopic (exact) mass is 413 g/mol. The second-order valence-electron chi connectivity index (χ2n) is 7.11. The Labute approximate surface area is 176 Å². The van der Waals surface area contributed by atoms with Crippen LogP contribution in [0.4, 0.5) is 0 Å². The first-order valence-electron chi connectivity index (χ1n) is 9.94. The molecule has 7 nitrogen and oxygen atoms in total. The Hall–Kier alpha value is -3.06. The van der Waals surface area contributed by atoms with Gasteiger partial charge in [-0.3, -0.25) is 4.79 Å². The van der Waals surface area contributed by atoms with Gasteiger partial charge in [-0.05, 0) is 43.2 Å². The fraction of sp³-hybridized carbons (Fsp3) is 0.391. The van der Waals surface area contributed by atoms with Crippen LogP contribution in [0.25, 0.3) is 0 Å². The van der Waals surface area contributed by atoms with Crippen molar-refractivity contribution in [3.8, 4) is 11.5 Å². The quantitative estimate of drug-likeness (QED) is 0.588. The van der Waals surface area contributed by atoms with Gasteiger partial charge in [0, 0.05) is 25.8 Å². The molecule has 1 amide bonds. The van der Waals surface area contributed by atoms with Crippen molar-refractivity contribution in [3.63, 3.8) is 0 Å². The van der Waals surface area contributed by atoms with Crippen LogP contribution in [0.15, 0.2) is 48.5 Å². The molecule has 3 rings (SSSR count). The van der Waals surface area contributed by atoms with Gasteiger partial charge in [0.05, 0.1) is 18.8 Å². The van der Waals surface area contributed by atoms with Gasteiger partial charge >= 0.3 is 5.97 Å². The van der Waals surface area contributed by atoms with Crippen molar-refractivity contribution in [2.75, 3.05) is 34.0 Å². The van der Waals surface area contributed by atoms with Gasteiger partial charge in [0.15, 0.2) is 6.61 Å². The van der Waals surface area contributed by atoms with E-state index in [1.54, 1.807) is 38.4 Å². The number of rotatable bonds is 9. The molecule has 0 unspecified atom stereocenters. The van der Waals surface area contributed by atoms with E-state index in [2.05, 4.69) is 0 Å². The van der Waals surface area contributed by atoms with Crippen LogP contribution in [0.5, 0.6) is 11.5 Å². The smallest absolute Gasteiger partial charge is 0.338 e. The predicted molar refractivity (Wildman–Crippen MR) is 111 cm³/mol. The minimum atomic E-state index is -0.556. The Kier molecular flexibility index (Phi) is 7.68. The first-order chi connectivity index (χ1) is 14.6. The molecule has 2 aromatic rings. The van der Waals surface area contributed by atoms with E-state index in [1.165, 1.54) is 4.90 Å². The molecule has 30 heavy (non-hydrogen) atoms. The van der Waals surface area contributed by atoms with Gasteiger partial charge in [-0.25, -0.2) is 4.79 Å². The highest BCUT2D eigenvalue weighted by molar-refractivity contribution is 5.91. The highest BCUT2D eigenvalue weighted by atomic mass is 16.5. The van der Waals surface area contributed by atoms with E-state index >= 15 is 0 Å². The van der Waals surface area contributed by atoms with Gasteiger partial charge in [0.2, 0.25) is 0 Å². The molecular weight excluding hydrogens is 386 g/mol. The minimum absolute atomic E-state index is 0.133. The summed E-state index contributed by atoms with van der Waals surface area (Å²) < 4.78 is 21.7. The topological polar surface area (TPSA) is 74.3 Å². The molecule has 1 saturated heterocycles. The zero-order valence-corrected chi connectivity index (χ0v) is 17.3. The van der Waals surface area contributed by atoms with Crippen LogP contribution < -0.4 is 9.47 Å². The zero-order valence-electron chi connectivity index (χ0n) is 17.3. The van der Waals surface area contributed by atoms with E-state index in [0.717, 1.165) is 25.0 Å². The molecule has 0 bridgehead atoms. The third kappa shape index (κ3) is 5.97. The standard InChI is InChI=1S/C23H27NO6/c1-24(14-18-6-3-4-8-21(18)27-2)22(25)16-30-23(26)17-9-11-19(12-10-17)29-15-20-7-5-13-28-20/h3-4,6,8-12,20H,5,7,13-16H2,1-2H3/t20-/m0/s1. The molecule has 0 saturated carbocycles. The number of para-hydroxylation sites is 1. The summed E-state index contributed by atoms with van der Waals surface area (Å²) in [6.07, 6.45) is 2.20. The zero-order chi connectivity index (χ0) is 21.3. The third-order valence-electron chi connectivity index (χ3n) is 4.90. The molecule has 1 aliphatic heterocycles. The van der Waals surface area contributed by atoms with Crippen LogP contribution in [0.3, 0.4) is 0 Å². The summed E-state index contributed by atoms with van der Waals surface area (Å²) in [6, 6.07) is 14.1. The Bertz CT molecular complexity index is 845. The van der Waals surface area contributed by atoms with Gasteiger partial charge in [-0.2, -0.15) is 0 Å². The lowest BCUT2D eigenvalue weighted by atomic mass is 10.2. The van der Waals surface area contributed by atoms with Crippen LogP contribution in [-0.2, 0) is 20.8 Å². The number of likely N-dealkylation sites (N-methyl/N-ethyl adjacent to an activating group) is 1. The lowest BCUT2D eigenvalue weighted by molar-refractivity contribution is -0.133. The Balaban J connectivity index is 1.45. The summed E-state index contributed by atoms with van der Waals surface area (Å²) >= 11 is 0. The number of carbonyl (C=O) groups excluding carboxylic acids is 2. The molecule has 1 heterocycles. The first-order valence-corrected chi connectivity index (χ1v) is 9.94. The van der Waals surface area contributed by atoms with Crippen LogP contribution >= 0.6 is 0 Å². The van der Waals surface area contributed by atoms with Crippen LogP contribution in [0.2, 0.25) is 0 Å². The summed E-state index contributed by atoms with van der Waals surface area (Å²) in [6.45, 7) is 1.31. The fourth-order valence-electron chi connectivity index (χ4n) is 3.15. The molecule has 2 aromatic carbocycles. The maximum Gasteiger partial charge on any atom is 0.338 e. The van der Waals surface area contributed by atoms with E-state index in [-0.39, 0.29) is 18.6 Å². The average Bonchev–Trinajstić information content (AvgIpc) is 3.30. The van der Waals surface area contributed by atoms with Crippen molar-refractivity contribution in [2.45, 2.75) is 25.5 Å². The normalized spacial score (nSPS) is 15.5. The van der Waals surface area contributed by atoms with E-state index < -0.39 is 5.97 Å². The number of hydrogen-bond donors (Lipinski definition) is 0. The molecule has 7 heteroatoms. The number of methoxy groups -OCH3 is 1. The van der Waals surface area contributed by atoms with Gasteiger partial charge in [0.25, 0.3) is 5.91 Å². The Morgan fingerprint density at radius 3 is 2.60 bits per heavy atom. The van der Waals surface area contributed by atoms with Crippen molar-refractivity contribution < 1.29 is 28.5 Å². The summed E-state index contributed by atoms with van der Waals surface area (Å²) in [5.41, 5.74) is 1.24. The second kappa shape index (κ2) is 10.6. The number of benzene rings is 2. The number of carbonyl (C=O) groups is 2. The largest absolute Gasteiger partial charge is 0.496 e. The minimum Gasteiger partial charge on any atom is -0.496 e. The first kappa shape index (κ1) is 21.6. The van der Waals surface area contributed by atoms with E-state index in [9.17, 15) is 9.59 Å². The highest BCUT2D eigenvalue weighted by Gasteiger charge is 2.17. The molecular formula is C23H27NO6. The van der Waals surface area contributed by atoms with Crippen molar-refractivity contribution in [1.29, 1.82) is 0 Å². The Morgan fingerprint density at radius 2 is 1.90 bits per heavy atom. The molecule has 1 fully saturated rings. The van der Waals surface area contributed by atoms with Crippen LogP contribution in [-0.4, -0.2) is 56.9 Å². The predicted octanol–water partition coefficient (Wildman–Crippen LogP) is 3.07. The van der Waals surface area contributed by atoms with Crippen molar-refractivity contribution in [3.05, 3.63) is 59.7 Å². The number of amides is 1. The highest BCUT2D eigenvalue weighted by Crippen LogP contribution is 2.19. The molecule has 1 atom stereocenters. The number of esters is 1. The van der Waals surface area contributed by atoms with Crippen molar-refractivity contribution in [2.24, 2.45) is 0 Å². The van der Waals surface area contributed by atoms with E-state index in [4.69, 9.17) is 18.9 Å². The van der Waals surface area contributed by atoms with Gasteiger partial charge in [0.1, 0.15) is 18.1 Å².